The molecule has 0 amide bonds. The second-order valence-electron chi connectivity index (χ2n) is 6.23. The Morgan fingerprint density at radius 3 is 2.88 bits per heavy atom. The summed E-state index contributed by atoms with van der Waals surface area (Å²) in [7, 11) is 0. The van der Waals surface area contributed by atoms with Crippen LogP contribution in [0.4, 0.5) is 0 Å². The van der Waals surface area contributed by atoms with Crippen LogP contribution >= 0.6 is 0 Å². The summed E-state index contributed by atoms with van der Waals surface area (Å²) in [5.41, 5.74) is 2.26. The van der Waals surface area contributed by atoms with Gasteiger partial charge >= 0.3 is 0 Å². The molecule has 0 saturated carbocycles. The van der Waals surface area contributed by atoms with E-state index in [0.29, 0.717) is 6.54 Å². The van der Waals surface area contributed by atoms with E-state index in [0.717, 1.165) is 30.3 Å². The van der Waals surface area contributed by atoms with Crippen molar-refractivity contribution >= 4 is 0 Å². The van der Waals surface area contributed by atoms with Crippen molar-refractivity contribution in [2.45, 2.75) is 44.8 Å². The Balaban J connectivity index is 1.55. The molecular formula is C18H22N6. The smallest absolute Gasteiger partial charge is 0.147 e. The lowest BCUT2D eigenvalue weighted by atomic mass is 10.0. The van der Waals surface area contributed by atoms with Gasteiger partial charge in [-0.15, -0.1) is 10.2 Å². The molecule has 0 aliphatic carbocycles. The Kier molecular flexibility index (Phi) is 4.38. The lowest BCUT2D eigenvalue weighted by Gasteiger charge is -2.18. The quantitative estimate of drug-likeness (QED) is 0.757. The fraction of sp³-hybridized carbons (Fsp3) is 0.389. The second kappa shape index (κ2) is 6.97. The van der Waals surface area contributed by atoms with Crippen molar-refractivity contribution in [3.63, 3.8) is 0 Å². The molecule has 1 atom stereocenters. The summed E-state index contributed by atoms with van der Waals surface area (Å²) in [6.07, 6.45) is 8.32. The summed E-state index contributed by atoms with van der Waals surface area (Å²) < 4.78 is 2.29. The Labute approximate surface area is 141 Å². The predicted octanol–water partition coefficient (Wildman–Crippen LogP) is 2.61. The molecule has 1 aliphatic heterocycles. The van der Waals surface area contributed by atoms with Gasteiger partial charge in [-0.05, 0) is 18.4 Å². The Hall–Kier alpha value is -2.47. The SMILES string of the molecule is c1ccc(C(NCc2nnc3n2CCCCC3)c2cnc[nH]2)cc1. The number of aryl methyl sites for hydroxylation is 1. The molecule has 3 heterocycles. The van der Waals surface area contributed by atoms with Gasteiger partial charge in [0.1, 0.15) is 11.6 Å². The third-order valence-corrected chi connectivity index (χ3v) is 4.61. The standard InChI is InChI=1S/C18H22N6/c1-3-7-14(8-4-1)18(15-11-19-13-21-15)20-12-17-23-22-16-9-5-2-6-10-24(16)17/h1,3-4,7-8,11,13,18,20H,2,5-6,9-10,12H2,(H,19,21). The number of aromatic amines is 1. The number of aromatic nitrogens is 5. The maximum absolute atomic E-state index is 4.41. The average molecular weight is 322 g/mol. The predicted molar refractivity (Wildman–Crippen MR) is 91.3 cm³/mol. The van der Waals surface area contributed by atoms with E-state index in [1.807, 2.05) is 12.3 Å². The van der Waals surface area contributed by atoms with E-state index < -0.39 is 0 Å². The van der Waals surface area contributed by atoms with Crippen LogP contribution in [0, 0.1) is 0 Å². The van der Waals surface area contributed by atoms with E-state index >= 15 is 0 Å². The molecule has 3 aromatic rings. The molecule has 0 saturated heterocycles. The van der Waals surface area contributed by atoms with Crippen molar-refractivity contribution in [3.8, 4) is 0 Å². The lowest BCUT2D eigenvalue weighted by Crippen LogP contribution is -2.24. The summed E-state index contributed by atoms with van der Waals surface area (Å²) in [5, 5.41) is 12.4. The first kappa shape index (κ1) is 15.1. The topological polar surface area (TPSA) is 71.4 Å². The molecule has 0 fully saturated rings. The highest BCUT2D eigenvalue weighted by Crippen LogP contribution is 2.21. The number of benzene rings is 1. The Bertz CT molecular complexity index is 762. The van der Waals surface area contributed by atoms with Gasteiger partial charge in [-0.25, -0.2) is 4.98 Å². The van der Waals surface area contributed by atoms with Crippen LogP contribution in [0.3, 0.4) is 0 Å². The van der Waals surface area contributed by atoms with Gasteiger partial charge in [0.25, 0.3) is 0 Å². The molecule has 124 valence electrons. The van der Waals surface area contributed by atoms with E-state index in [1.54, 1.807) is 6.33 Å². The molecule has 1 unspecified atom stereocenters. The fourth-order valence-electron chi connectivity index (χ4n) is 3.35. The average Bonchev–Trinajstić information content (AvgIpc) is 3.22. The van der Waals surface area contributed by atoms with E-state index in [2.05, 4.69) is 54.3 Å². The Morgan fingerprint density at radius 1 is 1.12 bits per heavy atom. The van der Waals surface area contributed by atoms with Crippen LogP contribution in [0.2, 0.25) is 0 Å². The van der Waals surface area contributed by atoms with Gasteiger partial charge in [-0.1, -0.05) is 36.8 Å². The zero-order chi connectivity index (χ0) is 16.2. The van der Waals surface area contributed by atoms with E-state index in [9.17, 15) is 0 Å². The number of nitrogens with zero attached hydrogens (tertiary/aromatic N) is 4. The van der Waals surface area contributed by atoms with Crippen molar-refractivity contribution in [2.24, 2.45) is 0 Å². The van der Waals surface area contributed by atoms with E-state index in [-0.39, 0.29) is 6.04 Å². The van der Waals surface area contributed by atoms with Crippen LogP contribution in [-0.2, 0) is 19.5 Å². The molecule has 1 aliphatic rings. The zero-order valence-electron chi connectivity index (χ0n) is 13.7. The molecule has 6 heteroatoms. The maximum Gasteiger partial charge on any atom is 0.147 e. The van der Waals surface area contributed by atoms with E-state index in [1.165, 1.54) is 24.8 Å². The van der Waals surface area contributed by atoms with Crippen molar-refractivity contribution in [3.05, 3.63) is 65.8 Å². The van der Waals surface area contributed by atoms with Crippen molar-refractivity contribution in [2.75, 3.05) is 0 Å². The highest BCUT2D eigenvalue weighted by molar-refractivity contribution is 5.26. The molecule has 4 rings (SSSR count). The first-order chi connectivity index (χ1) is 11.9. The molecule has 0 radical (unpaired) electrons. The van der Waals surface area contributed by atoms with Gasteiger partial charge in [-0.3, -0.25) is 5.32 Å². The number of imidazole rings is 1. The van der Waals surface area contributed by atoms with Crippen molar-refractivity contribution in [1.82, 2.24) is 30.0 Å². The van der Waals surface area contributed by atoms with Crippen LogP contribution in [0.1, 0.15) is 48.2 Å². The number of hydrogen-bond acceptors (Lipinski definition) is 4. The minimum Gasteiger partial charge on any atom is -0.347 e. The number of nitrogens with one attached hydrogen (secondary N) is 2. The molecule has 1 aromatic carbocycles. The number of hydrogen-bond donors (Lipinski definition) is 2. The molecule has 6 nitrogen and oxygen atoms in total. The van der Waals surface area contributed by atoms with Gasteiger partial charge < -0.3 is 9.55 Å². The van der Waals surface area contributed by atoms with Gasteiger partial charge in [0.15, 0.2) is 0 Å². The van der Waals surface area contributed by atoms with Crippen LogP contribution in [-0.4, -0.2) is 24.7 Å². The number of fused-ring (bicyclic) bond motifs is 1. The third kappa shape index (κ3) is 3.10. The lowest BCUT2D eigenvalue weighted by molar-refractivity contribution is 0.537. The van der Waals surface area contributed by atoms with Gasteiger partial charge in [0.2, 0.25) is 0 Å². The molecule has 2 N–H and O–H groups in total. The molecule has 2 aromatic heterocycles. The molecule has 0 spiro atoms. The minimum atomic E-state index is 0.0624. The number of H-pyrrole nitrogens is 1. The molecular weight excluding hydrogens is 300 g/mol. The van der Waals surface area contributed by atoms with Crippen molar-refractivity contribution in [1.29, 1.82) is 0 Å². The van der Waals surface area contributed by atoms with Crippen molar-refractivity contribution < 1.29 is 0 Å². The largest absolute Gasteiger partial charge is 0.347 e. The van der Waals surface area contributed by atoms with Gasteiger partial charge in [0.05, 0.1) is 24.6 Å². The highest BCUT2D eigenvalue weighted by atomic mass is 15.3. The highest BCUT2D eigenvalue weighted by Gasteiger charge is 2.18. The minimum absolute atomic E-state index is 0.0624. The monoisotopic (exact) mass is 322 g/mol. The summed E-state index contributed by atoms with van der Waals surface area (Å²) in [4.78, 5) is 7.39. The van der Waals surface area contributed by atoms with Crippen LogP contribution in [0.15, 0.2) is 42.9 Å². The summed E-state index contributed by atoms with van der Waals surface area (Å²) >= 11 is 0. The van der Waals surface area contributed by atoms with E-state index in [4.69, 9.17) is 0 Å². The molecule has 24 heavy (non-hydrogen) atoms. The van der Waals surface area contributed by atoms with Gasteiger partial charge in [0, 0.05) is 19.2 Å². The summed E-state index contributed by atoms with van der Waals surface area (Å²) in [5.74, 6) is 2.15. The van der Waals surface area contributed by atoms with Crippen LogP contribution in [0.5, 0.6) is 0 Å². The Morgan fingerprint density at radius 2 is 2.04 bits per heavy atom. The normalized spacial score (nSPS) is 15.7. The fourth-order valence-corrected chi connectivity index (χ4v) is 3.35. The maximum atomic E-state index is 4.41. The van der Waals surface area contributed by atoms with Crippen LogP contribution < -0.4 is 5.32 Å². The zero-order valence-corrected chi connectivity index (χ0v) is 13.7. The number of rotatable bonds is 5. The molecule has 0 bridgehead atoms. The second-order valence-corrected chi connectivity index (χ2v) is 6.23. The van der Waals surface area contributed by atoms with Gasteiger partial charge in [-0.2, -0.15) is 0 Å². The first-order valence-corrected chi connectivity index (χ1v) is 8.59. The van der Waals surface area contributed by atoms with Crippen LogP contribution in [0.25, 0.3) is 0 Å². The summed E-state index contributed by atoms with van der Waals surface area (Å²) in [6, 6.07) is 10.5. The first-order valence-electron chi connectivity index (χ1n) is 8.59. The third-order valence-electron chi connectivity index (χ3n) is 4.61. The summed E-state index contributed by atoms with van der Waals surface area (Å²) in [6.45, 7) is 1.71.